The first-order valence-corrected chi connectivity index (χ1v) is 6.76. The topological polar surface area (TPSA) is 55.4 Å². The summed E-state index contributed by atoms with van der Waals surface area (Å²) in [5, 5.41) is 2.70. The Morgan fingerprint density at radius 1 is 1.00 bits per heavy atom. The third-order valence-corrected chi connectivity index (χ3v) is 3.01. The van der Waals surface area contributed by atoms with Gasteiger partial charge >= 0.3 is 6.09 Å². The number of hydrogen-bond donors (Lipinski definition) is 1. The zero-order valence-corrected chi connectivity index (χ0v) is 11.6. The standard InChI is InChI=1S/C17H17NO3/c19-12-15-8-6-14(7-9-15)10-11-18-17(20)21-13-16-4-2-1-3-5-16/h1-9,12H,10-11,13H2,(H,18,20). The summed E-state index contributed by atoms with van der Waals surface area (Å²) in [7, 11) is 0. The van der Waals surface area contributed by atoms with Crippen LogP contribution in [0.2, 0.25) is 0 Å². The number of alkyl carbamates (subject to hydrolysis) is 1. The lowest BCUT2D eigenvalue weighted by Gasteiger charge is -2.07. The van der Waals surface area contributed by atoms with Gasteiger partial charge < -0.3 is 10.1 Å². The van der Waals surface area contributed by atoms with Crippen LogP contribution in [0, 0.1) is 0 Å². The van der Waals surface area contributed by atoms with Gasteiger partial charge in [-0.25, -0.2) is 4.79 Å². The molecule has 0 saturated carbocycles. The van der Waals surface area contributed by atoms with Crippen LogP contribution in [-0.4, -0.2) is 18.9 Å². The van der Waals surface area contributed by atoms with Gasteiger partial charge in [0.1, 0.15) is 12.9 Å². The molecule has 108 valence electrons. The molecule has 0 atom stereocenters. The van der Waals surface area contributed by atoms with E-state index in [9.17, 15) is 9.59 Å². The number of aldehydes is 1. The van der Waals surface area contributed by atoms with Crippen LogP contribution in [0.25, 0.3) is 0 Å². The van der Waals surface area contributed by atoms with Crippen molar-refractivity contribution in [1.29, 1.82) is 0 Å². The fourth-order valence-electron chi connectivity index (χ4n) is 1.85. The van der Waals surface area contributed by atoms with Gasteiger partial charge in [-0.15, -0.1) is 0 Å². The largest absolute Gasteiger partial charge is 0.445 e. The van der Waals surface area contributed by atoms with Crippen LogP contribution < -0.4 is 5.32 Å². The van der Waals surface area contributed by atoms with Gasteiger partial charge in [0.05, 0.1) is 0 Å². The second-order valence-corrected chi connectivity index (χ2v) is 4.60. The summed E-state index contributed by atoms with van der Waals surface area (Å²) in [5.41, 5.74) is 2.66. The van der Waals surface area contributed by atoms with E-state index in [0.29, 0.717) is 18.5 Å². The lowest BCUT2D eigenvalue weighted by Crippen LogP contribution is -2.26. The molecule has 4 heteroatoms. The lowest BCUT2D eigenvalue weighted by molar-refractivity contribution is 0.112. The van der Waals surface area contributed by atoms with E-state index in [0.717, 1.165) is 17.4 Å². The molecule has 1 amide bonds. The molecule has 0 aromatic heterocycles. The summed E-state index contributed by atoms with van der Waals surface area (Å²) in [6, 6.07) is 16.8. The minimum absolute atomic E-state index is 0.265. The molecule has 0 aliphatic heterocycles. The molecule has 0 saturated heterocycles. The Labute approximate surface area is 123 Å². The summed E-state index contributed by atoms with van der Waals surface area (Å²) >= 11 is 0. The second-order valence-electron chi connectivity index (χ2n) is 4.60. The van der Waals surface area contributed by atoms with Crippen LogP contribution in [0.1, 0.15) is 21.5 Å². The Kier molecular flexibility index (Phi) is 5.52. The fourth-order valence-corrected chi connectivity index (χ4v) is 1.85. The summed E-state index contributed by atoms with van der Waals surface area (Å²) in [6.45, 7) is 0.759. The highest BCUT2D eigenvalue weighted by atomic mass is 16.5. The van der Waals surface area contributed by atoms with Crippen molar-refractivity contribution >= 4 is 12.4 Å². The van der Waals surface area contributed by atoms with Crippen molar-refractivity contribution in [2.45, 2.75) is 13.0 Å². The summed E-state index contributed by atoms with van der Waals surface area (Å²) < 4.78 is 5.11. The van der Waals surface area contributed by atoms with Crippen molar-refractivity contribution in [3.8, 4) is 0 Å². The average molecular weight is 283 g/mol. The number of benzene rings is 2. The molecule has 0 fully saturated rings. The highest BCUT2D eigenvalue weighted by Crippen LogP contribution is 2.03. The Hall–Kier alpha value is -2.62. The molecule has 2 aromatic carbocycles. The van der Waals surface area contributed by atoms with Crippen LogP contribution in [0.4, 0.5) is 4.79 Å². The summed E-state index contributed by atoms with van der Waals surface area (Å²) in [5.74, 6) is 0. The van der Waals surface area contributed by atoms with Crippen LogP contribution in [0.15, 0.2) is 54.6 Å². The van der Waals surface area contributed by atoms with Gasteiger partial charge in [-0.1, -0.05) is 54.6 Å². The number of ether oxygens (including phenoxy) is 1. The fraction of sp³-hybridized carbons (Fsp3) is 0.176. The van der Waals surface area contributed by atoms with Crippen LogP contribution in [0.3, 0.4) is 0 Å². The van der Waals surface area contributed by atoms with Gasteiger partial charge in [-0.2, -0.15) is 0 Å². The maximum atomic E-state index is 11.5. The van der Waals surface area contributed by atoms with Gasteiger partial charge in [0.25, 0.3) is 0 Å². The number of nitrogens with one attached hydrogen (secondary N) is 1. The molecule has 21 heavy (non-hydrogen) atoms. The Morgan fingerprint density at radius 3 is 2.38 bits per heavy atom. The second kappa shape index (κ2) is 7.85. The third kappa shape index (κ3) is 5.10. The summed E-state index contributed by atoms with van der Waals surface area (Å²) in [6.07, 6.45) is 1.08. The van der Waals surface area contributed by atoms with Gasteiger partial charge in [-0.3, -0.25) is 4.79 Å². The number of hydrogen-bond acceptors (Lipinski definition) is 3. The molecule has 0 aliphatic carbocycles. The highest BCUT2D eigenvalue weighted by Gasteiger charge is 2.02. The maximum absolute atomic E-state index is 11.5. The first-order valence-electron chi connectivity index (χ1n) is 6.76. The van der Waals surface area contributed by atoms with Gasteiger partial charge in [0, 0.05) is 12.1 Å². The van der Waals surface area contributed by atoms with Gasteiger partial charge in [0.2, 0.25) is 0 Å². The average Bonchev–Trinajstić information content (AvgIpc) is 2.54. The minimum atomic E-state index is -0.427. The molecule has 2 rings (SSSR count). The minimum Gasteiger partial charge on any atom is -0.445 e. The molecule has 0 aliphatic rings. The van der Waals surface area contributed by atoms with Crippen LogP contribution >= 0.6 is 0 Å². The Balaban J connectivity index is 1.68. The van der Waals surface area contributed by atoms with Crippen molar-refractivity contribution in [2.24, 2.45) is 0 Å². The van der Waals surface area contributed by atoms with E-state index in [-0.39, 0.29) is 6.61 Å². The van der Waals surface area contributed by atoms with Crippen molar-refractivity contribution in [1.82, 2.24) is 5.32 Å². The number of rotatable bonds is 6. The smallest absolute Gasteiger partial charge is 0.407 e. The molecular weight excluding hydrogens is 266 g/mol. The number of amides is 1. The monoisotopic (exact) mass is 283 g/mol. The van der Waals surface area contributed by atoms with E-state index in [1.165, 1.54) is 0 Å². The summed E-state index contributed by atoms with van der Waals surface area (Å²) in [4.78, 5) is 22.1. The molecule has 4 nitrogen and oxygen atoms in total. The number of carbonyl (C=O) groups excluding carboxylic acids is 2. The molecule has 2 aromatic rings. The van der Waals surface area contributed by atoms with E-state index in [1.807, 2.05) is 42.5 Å². The first-order chi connectivity index (χ1) is 10.3. The molecular formula is C17H17NO3. The SMILES string of the molecule is O=Cc1ccc(CCNC(=O)OCc2ccccc2)cc1. The van der Waals surface area contributed by atoms with Crippen LogP contribution in [0.5, 0.6) is 0 Å². The van der Waals surface area contributed by atoms with E-state index in [2.05, 4.69) is 5.32 Å². The van der Waals surface area contributed by atoms with Gasteiger partial charge in [-0.05, 0) is 17.5 Å². The van der Waals surface area contributed by atoms with Crippen molar-refractivity contribution in [2.75, 3.05) is 6.54 Å². The molecule has 1 N–H and O–H groups in total. The zero-order valence-electron chi connectivity index (χ0n) is 11.6. The molecule has 0 spiro atoms. The van der Waals surface area contributed by atoms with E-state index >= 15 is 0 Å². The normalized spacial score (nSPS) is 9.90. The van der Waals surface area contributed by atoms with E-state index < -0.39 is 6.09 Å². The molecule has 0 heterocycles. The van der Waals surface area contributed by atoms with Crippen LogP contribution in [-0.2, 0) is 17.8 Å². The van der Waals surface area contributed by atoms with Crippen molar-refractivity contribution in [3.63, 3.8) is 0 Å². The Bertz CT molecular complexity index is 579. The van der Waals surface area contributed by atoms with E-state index in [4.69, 9.17) is 4.74 Å². The predicted octanol–water partition coefficient (Wildman–Crippen LogP) is 2.97. The lowest BCUT2D eigenvalue weighted by atomic mass is 10.1. The molecule has 0 radical (unpaired) electrons. The van der Waals surface area contributed by atoms with Gasteiger partial charge in [0.15, 0.2) is 0 Å². The van der Waals surface area contributed by atoms with Crippen molar-refractivity contribution in [3.05, 3.63) is 71.3 Å². The Morgan fingerprint density at radius 2 is 1.71 bits per heavy atom. The maximum Gasteiger partial charge on any atom is 0.407 e. The predicted molar refractivity (Wildman–Crippen MR) is 80.2 cm³/mol. The third-order valence-electron chi connectivity index (χ3n) is 3.01. The first kappa shape index (κ1) is 14.8. The quantitative estimate of drug-likeness (QED) is 0.829. The van der Waals surface area contributed by atoms with Crippen molar-refractivity contribution < 1.29 is 14.3 Å². The molecule has 0 bridgehead atoms. The number of carbonyl (C=O) groups is 2. The molecule has 0 unspecified atom stereocenters. The zero-order chi connectivity index (χ0) is 14.9. The van der Waals surface area contributed by atoms with E-state index in [1.54, 1.807) is 12.1 Å². The highest BCUT2D eigenvalue weighted by molar-refractivity contribution is 5.74.